The van der Waals surface area contributed by atoms with Gasteiger partial charge in [0.05, 0.1) is 5.56 Å². The SMILES string of the molecule is C=C(Br)CNc1cc(N)ccc1C(=O)NCC. The van der Waals surface area contributed by atoms with Crippen molar-refractivity contribution >= 4 is 33.2 Å². The minimum atomic E-state index is -0.116. The van der Waals surface area contributed by atoms with Crippen molar-refractivity contribution in [3.63, 3.8) is 0 Å². The first-order valence-corrected chi connectivity index (χ1v) is 6.08. The van der Waals surface area contributed by atoms with Gasteiger partial charge in [-0.25, -0.2) is 0 Å². The summed E-state index contributed by atoms with van der Waals surface area (Å²) in [5.41, 5.74) is 7.60. The van der Waals surface area contributed by atoms with E-state index in [9.17, 15) is 4.79 Å². The lowest BCUT2D eigenvalue weighted by Gasteiger charge is -2.12. The van der Waals surface area contributed by atoms with Gasteiger partial charge in [-0.3, -0.25) is 4.79 Å². The number of nitrogens with two attached hydrogens (primary N) is 1. The Hall–Kier alpha value is -1.49. The van der Waals surface area contributed by atoms with Crippen LogP contribution < -0.4 is 16.4 Å². The van der Waals surface area contributed by atoms with Gasteiger partial charge < -0.3 is 16.4 Å². The second kappa shape index (κ2) is 6.30. The molecule has 92 valence electrons. The number of anilines is 2. The topological polar surface area (TPSA) is 67.1 Å². The third-order valence-corrected chi connectivity index (χ3v) is 2.38. The maximum absolute atomic E-state index is 11.8. The minimum Gasteiger partial charge on any atom is -0.399 e. The van der Waals surface area contributed by atoms with Gasteiger partial charge in [0.15, 0.2) is 0 Å². The quantitative estimate of drug-likeness (QED) is 0.731. The van der Waals surface area contributed by atoms with Crippen molar-refractivity contribution in [3.8, 4) is 0 Å². The smallest absolute Gasteiger partial charge is 0.253 e. The number of nitrogen functional groups attached to an aromatic ring is 1. The molecule has 0 atom stereocenters. The molecule has 1 rings (SSSR count). The van der Waals surface area contributed by atoms with Crippen LogP contribution in [0.4, 0.5) is 11.4 Å². The highest BCUT2D eigenvalue weighted by Crippen LogP contribution is 2.20. The van der Waals surface area contributed by atoms with E-state index in [4.69, 9.17) is 5.73 Å². The number of benzene rings is 1. The molecule has 0 fully saturated rings. The lowest BCUT2D eigenvalue weighted by molar-refractivity contribution is 0.0956. The fraction of sp³-hybridized carbons (Fsp3) is 0.250. The van der Waals surface area contributed by atoms with Gasteiger partial charge >= 0.3 is 0 Å². The first-order valence-electron chi connectivity index (χ1n) is 5.29. The number of rotatable bonds is 5. The van der Waals surface area contributed by atoms with Crippen molar-refractivity contribution < 1.29 is 4.79 Å². The molecule has 0 aliphatic heterocycles. The summed E-state index contributed by atoms with van der Waals surface area (Å²) >= 11 is 3.25. The fourth-order valence-corrected chi connectivity index (χ4v) is 1.49. The molecular formula is C12H16BrN3O. The molecular weight excluding hydrogens is 282 g/mol. The Bertz CT molecular complexity index is 432. The Labute approximate surface area is 109 Å². The van der Waals surface area contributed by atoms with Gasteiger partial charge in [-0.15, -0.1) is 0 Å². The van der Waals surface area contributed by atoms with E-state index >= 15 is 0 Å². The van der Waals surface area contributed by atoms with Gasteiger partial charge in [0.25, 0.3) is 5.91 Å². The van der Waals surface area contributed by atoms with Gasteiger partial charge in [0.1, 0.15) is 0 Å². The Morgan fingerprint density at radius 1 is 1.53 bits per heavy atom. The maximum atomic E-state index is 11.8. The molecule has 0 aliphatic rings. The van der Waals surface area contributed by atoms with Crippen LogP contribution in [0.1, 0.15) is 17.3 Å². The number of halogens is 1. The van der Waals surface area contributed by atoms with Crippen molar-refractivity contribution in [2.24, 2.45) is 0 Å². The predicted octanol–water partition coefficient (Wildman–Crippen LogP) is 2.34. The molecule has 0 heterocycles. The number of carbonyl (C=O) groups excluding carboxylic acids is 1. The van der Waals surface area contributed by atoms with Crippen LogP contribution in [-0.4, -0.2) is 19.0 Å². The Kier molecular flexibility index (Phi) is 5.03. The van der Waals surface area contributed by atoms with Gasteiger partial charge in [-0.1, -0.05) is 22.5 Å². The van der Waals surface area contributed by atoms with Crippen LogP contribution in [0.2, 0.25) is 0 Å². The van der Waals surface area contributed by atoms with Gasteiger partial charge in [-0.05, 0) is 25.1 Å². The third kappa shape index (κ3) is 4.11. The summed E-state index contributed by atoms with van der Waals surface area (Å²) in [5, 5.41) is 5.86. The van der Waals surface area contributed by atoms with E-state index in [1.54, 1.807) is 18.2 Å². The minimum absolute atomic E-state index is 0.116. The highest BCUT2D eigenvalue weighted by atomic mass is 79.9. The van der Waals surface area contributed by atoms with Crippen LogP contribution in [-0.2, 0) is 0 Å². The largest absolute Gasteiger partial charge is 0.399 e. The molecule has 17 heavy (non-hydrogen) atoms. The van der Waals surface area contributed by atoms with E-state index in [1.165, 1.54) is 0 Å². The molecule has 4 nitrogen and oxygen atoms in total. The molecule has 0 spiro atoms. The average Bonchev–Trinajstić information content (AvgIpc) is 2.26. The summed E-state index contributed by atoms with van der Waals surface area (Å²) in [5.74, 6) is -0.116. The Balaban J connectivity index is 2.94. The van der Waals surface area contributed by atoms with Crippen molar-refractivity contribution in [1.29, 1.82) is 0 Å². The standard InChI is InChI=1S/C12H16BrN3O/c1-3-15-12(17)10-5-4-9(14)6-11(10)16-7-8(2)13/h4-6,16H,2-3,7,14H2,1H3,(H,15,17). The molecule has 0 aromatic heterocycles. The predicted molar refractivity (Wildman–Crippen MR) is 75.4 cm³/mol. The van der Waals surface area contributed by atoms with Crippen LogP contribution in [0, 0.1) is 0 Å². The van der Waals surface area contributed by atoms with Crippen LogP contribution in [0.25, 0.3) is 0 Å². The molecule has 1 amide bonds. The number of nitrogens with one attached hydrogen (secondary N) is 2. The number of hydrogen-bond donors (Lipinski definition) is 3. The van der Waals surface area contributed by atoms with Crippen molar-refractivity contribution in [2.75, 3.05) is 24.1 Å². The molecule has 0 aliphatic carbocycles. The molecule has 0 unspecified atom stereocenters. The van der Waals surface area contributed by atoms with Crippen LogP contribution in [0.5, 0.6) is 0 Å². The van der Waals surface area contributed by atoms with Crippen LogP contribution in [0.15, 0.2) is 29.3 Å². The summed E-state index contributed by atoms with van der Waals surface area (Å²) in [6.07, 6.45) is 0. The zero-order chi connectivity index (χ0) is 12.8. The van der Waals surface area contributed by atoms with E-state index in [0.29, 0.717) is 30.0 Å². The average molecular weight is 298 g/mol. The Morgan fingerprint density at radius 3 is 2.82 bits per heavy atom. The molecule has 0 saturated heterocycles. The molecule has 0 radical (unpaired) electrons. The van der Waals surface area contributed by atoms with E-state index in [1.807, 2.05) is 6.92 Å². The number of amides is 1. The zero-order valence-electron chi connectivity index (χ0n) is 9.72. The monoisotopic (exact) mass is 297 g/mol. The van der Waals surface area contributed by atoms with E-state index in [-0.39, 0.29) is 5.91 Å². The highest BCUT2D eigenvalue weighted by Gasteiger charge is 2.10. The first kappa shape index (κ1) is 13.6. The van der Waals surface area contributed by atoms with Crippen molar-refractivity contribution in [3.05, 3.63) is 34.8 Å². The summed E-state index contributed by atoms with van der Waals surface area (Å²) < 4.78 is 0.807. The molecule has 1 aromatic carbocycles. The third-order valence-electron chi connectivity index (χ3n) is 2.10. The second-order valence-electron chi connectivity index (χ2n) is 3.54. The lowest BCUT2D eigenvalue weighted by atomic mass is 10.1. The second-order valence-corrected chi connectivity index (χ2v) is 4.66. The first-order chi connectivity index (χ1) is 8.04. The van der Waals surface area contributed by atoms with Gasteiger partial charge in [0.2, 0.25) is 0 Å². The van der Waals surface area contributed by atoms with E-state index in [0.717, 1.165) is 4.48 Å². The molecule has 1 aromatic rings. The van der Waals surface area contributed by atoms with Crippen LogP contribution >= 0.6 is 15.9 Å². The summed E-state index contributed by atoms with van der Waals surface area (Å²) in [6.45, 7) is 6.73. The summed E-state index contributed by atoms with van der Waals surface area (Å²) in [4.78, 5) is 11.8. The Morgan fingerprint density at radius 2 is 2.24 bits per heavy atom. The zero-order valence-corrected chi connectivity index (χ0v) is 11.3. The van der Waals surface area contributed by atoms with Crippen molar-refractivity contribution in [1.82, 2.24) is 5.32 Å². The van der Waals surface area contributed by atoms with Gasteiger partial charge in [-0.2, -0.15) is 0 Å². The normalized spacial score (nSPS) is 9.76. The number of hydrogen-bond acceptors (Lipinski definition) is 3. The summed E-state index contributed by atoms with van der Waals surface area (Å²) in [6, 6.07) is 5.15. The lowest BCUT2D eigenvalue weighted by Crippen LogP contribution is -2.24. The van der Waals surface area contributed by atoms with Gasteiger partial charge in [0, 0.05) is 28.9 Å². The van der Waals surface area contributed by atoms with Crippen LogP contribution in [0.3, 0.4) is 0 Å². The molecule has 0 saturated carbocycles. The number of carbonyl (C=O) groups is 1. The van der Waals surface area contributed by atoms with Crippen molar-refractivity contribution in [2.45, 2.75) is 6.92 Å². The highest BCUT2D eigenvalue weighted by molar-refractivity contribution is 9.11. The fourth-order valence-electron chi connectivity index (χ4n) is 1.35. The van der Waals surface area contributed by atoms with E-state index in [2.05, 4.69) is 33.1 Å². The summed E-state index contributed by atoms with van der Waals surface area (Å²) in [7, 11) is 0. The maximum Gasteiger partial charge on any atom is 0.253 e. The molecule has 4 N–H and O–H groups in total. The molecule has 5 heteroatoms. The molecule has 0 bridgehead atoms. The van der Waals surface area contributed by atoms with E-state index < -0.39 is 0 Å².